The summed E-state index contributed by atoms with van der Waals surface area (Å²) < 4.78 is 19.4. The summed E-state index contributed by atoms with van der Waals surface area (Å²) in [4.78, 5) is 0. The topological polar surface area (TPSA) is 21.3 Å². The van der Waals surface area contributed by atoms with E-state index in [2.05, 4.69) is 12.2 Å². The Kier molecular flexibility index (Phi) is 6.04. The highest BCUT2D eigenvalue weighted by atomic mass is 19.1. The van der Waals surface area contributed by atoms with Crippen LogP contribution in [0, 0.1) is 11.7 Å². The maximum Gasteiger partial charge on any atom is 0.131 e. The van der Waals surface area contributed by atoms with Crippen LogP contribution in [0.2, 0.25) is 0 Å². The first kappa shape index (κ1) is 16.3. The molecule has 1 aromatic carbocycles. The molecule has 1 aliphatic carbocycles. The van der Waals surface area contributed by atoms with E-state index >= 15 is 0 Å². The van der Waals surface area contributed by atoms with E-state index in [0.29, 0.717) is 23.3 Å². The Morgan fingerprint density at radius 2 is 1.81 bits per heavy atom. The largest absolute Gasteiger partial charge is 0.496 e. The Hall–Kier alpha value is -1.09. The molecule has 0 spiro atoms. The molecule has 0 bridgehead atoms. The van der Waals surface area contributed by atoms with Crippen molar-refractivity contribution in [3.63, 3.8) is 0 Å². The van der Waals surface area contributed by atoms with E-state index in [9.17, 15) is 4.39 Å². The molecule has 2 nitrogen and oxygen atoms in total. The highest BCUT2D eigenvalue weighted by Gasteiger charge is 2.23. The Labute approximate surface area is 128 Å². The maximum atomic E-state index is 14.1. The van der Waals surface area contributed by atoms with E-state index in [0.717, 1.165) is 0 Å². The number of hydrogen-bond acceptors (Lipinski definition) is 2. The molecule has 118 valence electrons. The monoisotopic (exact) mass is 293 g/mol. The van der Waals surface area contributed by atoms with Gasteiger partial charge in [-0.05, 0) is 44.7 Å². The molecule has 3 heteroatoms. The Morgan fingerprint density at radius 1 is 1.14 bits per heavy atom. The van der Waals surface area contributed by atoms with E-state index < -0.39 is 0 Å². The minimum absolute atomic E-state index is 0.0422. The predicted molar refractivity (Wildman–Crippen MR) is 85.2 cm³/mol. The zero-order valence-electron chi connectivity index (χ0n) is 13.5. The van der Waals surface area contributed by atoms with Crippen molar-refractivity contribution in [2.45, 2.75) is 64.5 Å². The SMILES string of the molecule is COc1cccc(F)c1C(C)N[C@@H](C)C1CCCCCC1. The van der Waals surface area contributed by atoms with Gasteiger partial charge in [0.05, 0.1) is 7.11 Å². The first-order valence-corrected chi connectivity index (χ1v) is 8.22. The van der Waals surface area contributed by atoms with Gasteiger partial charge in [0.2, 0.25) is 0 Å². The molecule has 1 aliphatic rings. The Morgan fingerprint density at radius 3 is 2.43 bits per heavy atom. The molecule has 21 heavy (non-hydrogen) atoms. The number of ether oxygens (including phenoxy) is 1. The van der Waals surface area contributed by atoms with Gasteiger partial charge in [-0.1, -0.05) is 31.7 Å². The second-order valence-corrected chi connectivity index (χ2v) is 6.28. The highest BCUT2D eigenvalue weighted by molar-refractivity contribution is 5.36. The Bertz CT molecular complexity index is 441. The number of halogens is 1. The summed E-state index contributed by atoms with van der Waals surface area (Å²) in [6.45, 7) is 4.26. The van der Waals surface area contributed by atoms with Crippen molar-refractivity contribution in [1.29, 1.82) is 0 Å². The zero-order valence-corrected chi connectivity index (χ0v) is 13.5. The highest BCUT2D eigenvalue weighted by Crippen LogP contribution is 2.30. The van der Waals surface area contributed by atoms with Crippen molar-refractivity contribution in [1.82, 2.24) is 5.32 Å². The molecule has 1 unspecified atom stereocenters. The average molecular weight is 293 g/mol. The minimum atomic E-state index is -0.192. The van der Waals surface area contributed by atoms with Crippen molar-refractivity contribution in [2.75, 3.05) is 7.11 Å². The third-order valence-corrected chi connectivity index (χ3v) is 4.79. The second kappa shape index (κ2) is 7.79. The lowest BCUT2D eigenvalue weighted by atomic mass is 9.92. The van der Waals surface area contributed by atoms with Crippen LogP contribution in [-0.2, 0) is 0 Å². The normalized spacial score (nSPS) is 19.8. The van der Waals surface area contributed by atoms with Crippen molar-refractivity contribution in [3.05, 3.63) is 29.6 Å². The van der Waals surface area contributed by atoms with Crippen LogP contribution in [0.3, 0.4) is 0 Å². The standard InChI is InChI=1S/C18H28FNO/c1-13(15-9-6-4-5-7-10-15)20-14(2)18-16(19)11-8-12-17(18)21-3/h8,11-15,20H,4-7,9-10H2,1-3H3/t13-,14?/m0/s1. The molecule has 1 saturated carbocycles. The van der Waals surface area contributed by atoms with E-state index in [-0.39, 0.29) is 11.9 Å². The van der Waals surface area contributed by atoms with Crippen molar-refractivity contribution < 1.29 is 9.13 Å². The van der Waals surface area contributed by atoms with Gasteiger partial charge in [-0.15, -0.1) is 0 Å². The summed E-state index contributed by atoms with van der Waals surface area (Å²) >= 11 is 0. The number of hydrogen-bond donors (Lipinski definition) is 1. The van der Waals surface area contributed by atoms with Gasteiger partial charge in [0, 0.05) is 17.6 Å². The van der Waals surface area contributed by atoms with Crippen molar-refractivity contribution >= 4 is 0 Å². The molecule has 0 heterocycles. The molecule has 1 fully saturated rings. The molecule has 1 N–H and O–H groups in total. The third-order valence-electron chi connectivity index (χ3n) is 4.79. The van der Waals surface area contributed by atoms with Crippen LogP contribution in [0.1, 0.15) is 64.0 Å². The third kappa shape index (κ3) is 4.19. The van der Waals surface area contributed by atoms with Crippen LogP contribution < -0.4 is 10.1 Å². The lowest BCUT2D eigenvalue weighted by Gasteiger charge is -2.28. The summed E-state index contributed by atoms with van der Waals surface area (Å²) in [7, 11) is 1.60. The van der Waals surface area contributed by atoms with Gasteiger partial charge in [0.1, 0.15) is 11.6 Å². The molecular weight excluding hydrogens is 265 g/mol. The summed E-state index contributed by atoms with van der Waals surface area (Å²) in [5.41, 5.74) is 0.639. The van der Waals surface area contributed by atoms with Gasteiger partial charge in [0.15, 0.2) is 0 Å². The van der Waals surface area contributed by atoms with Crippen LogP contribution >= 0.6 is 0 Å². The average Bonchev–Trinajstić information content (AvgIpc) is 2.75. The number of nitrogens with one attached hydrogen (secondary N) is 1. The van der Waals surface area contributed by atoms with Crippen LogP contribution in [0.25, 0.3) is 0 Å². The number of methoxy groups -OCH3 is 1. The molecule has 0 amide bonds. The smallest absolute Gasteiger partial charge is 0.131 e. The fraction of sp³-hybridized carbons (Fsp3) is 0.667. The fourth-order valence-corrected chi connectivity index (χ4v) is 3.54. The molecule has 2 rings (SSSR count). The fourth-order valence-electron chi connectivity index (χ4n) is 3.54. The van der Waals surface area contributed by atoms with Crippen LogP contribution in [0.15, 0.2) is 18.2 Å². The van der Waals surface area contributed by atoms with E-state index in [4.69, 9.17) is 4.74 Å². The number of benzene rings is 1. The van der Waals surface area contributed by atoms with Crippen LogP contribution in [-0.4, -0.2) is 13.2 Å². The van der Waals surface area contributed by atoms with Gasteiger partial charge in [-0.25, -0.2) is 4.39 Å². The molecule has 0 aromatic heterocycles. The molecule has 1 aromatic rings. The van der Waals surface area contributed by atoms with Crippen LogP contribution in [0.4, 0.5) is 4.39 Å². The predicted octanol–water partition coefficient (Wildman–Crippen LogP) is 4.84. The van der Waals surface area contributed by atoms with Gasteiger partial charge in [0.25, 0.3) is 0 Å². The zero-order chi connectivity index (χ0) is 15.2. The van der Waals surface area contributed by atoms with Gasteiger partial charge < -0.3 is 10.1 Å². The molecule has 0 radical (unpaired) electrons. The summed E-state index contributed by atoms with van der Waals surface area (Å²) in [5.74, 6) is 1.14. The van der Waals surface area contributed by atoms with Crippen molar-refractivity contribution in [3.8, 4) is 5.75 Å². The minimum Gasteiger partial charge on any atom is -0.496 e. The first-order chi connectivity index (χ1) is 10.1. The van der Waals surface area contributed by atoms with E-state index in [1.807, 2.05) is 13.0 Å². The second-order valence-electron chi connectivity index (χ2n) is 6.28. The summed E-state index contributed by atoms with van der Waals surface area (Å²) in [5, 5.41) is 3.59. The van der Waals surface area contributed by atoms with Crippen LogP contribution in [0.5, 0.6) is 5.75 Å². The maximum absolute atomic E-state index is 14.1. The summed E-state index contributed by atoms with van der Waals surface area (Å²) in [6, 6.07) is 5.39. The molecule has 2 atom stereocenters. The van der Waals surface area contributed by atoms with E-state index in [1.54, 1.807) is 13.2 Å². The van der Waals surface area contributed by atoms with E-state index in [1.165, 1.54) is 44.6 Å². The lowest BCUT2D eigenvalue weighted by Crippen LogP contribution is -2.35. The molecular formula is C18H28FNO. The summed E-state index contributed by atoms with van der Waals surface area (Å²) in [6.07, 6.45) is 7.95. The lowest BCUT2D eigenvalue weighted by molar-refractivity contribution is 0.309. The van der Waals surface area contributed by atoms with Gasteiger partial charge in [-0.3, -0.25) is 0 Å². The molecule has 0 aliphatic heterocycles. The first-order valence-electron chi connectivity index (χ1n) is 8.22. The molecule has 0 saturated heterocycles. The Balaban J connectivity index is 2.05. The quantitative estimate of drug-likeness (QED) is 0.784. The van der Waals surface area contributed by atoms with Gasteiger partial charge in [-0.2, -0.15) is 0 Å². The van der Waals surface area contributed by atoms with Gasteiger partial charge >= 0.3 is 0 Å². The van der Waals surface area contributed by atoms with Crippen molar-refractivity contribution in [2.24, 2.45) is 5.92 Å². The number of rotatable bonds is 5.